The van der Waals surface area contributed by atoms with Gasteiger partial charge in [-0.25, -0.2) is 0 Å². The van der Waals surface area contributed by atoms with E-state index >= 15 is 0 Å². The Balaban J connectivity index is 1.46. The van der Waals surface area contributed by atoms with E-state index < -0.39 is 5.60 Å². The van der Waals surface area contributed by atoms with Crippen molar-refractivity contribution in [3.8, 4) is 11.4 Å². The highest BCUT2D eigenvalue weighted by atomic mass is 16.5. The predicted molar refractivity (Wildman–Crippen MR) is 106 cm³/mol. The molecular weight excluding hydrogens is 370 g/mol. The summed E-state index contributed by atoms with van der Waals surface area (Å²) in [6.45, 7) is 5.71. The van der Waals surface area contributed by atoms with E-state index in [9.17, 15) is 9.90 Å². The van der Waals surface area contributed by atoms with Gasteiger partial charge in [-0.1, -0.05) is 24.2 Å². The number of nitrogens with one attached hydrogen (secondary N) is 1. The first-order valence-electron chi connectivity index (χ1n) is 9.84. The zero-order valence-electron chi connectivity index (χ0n) is 16.8. The van der Waals surface area contributed by atoms with Gasteiger partial charge >= 0.3 is 0 Å². The van der Waals surface area contributed by atoms with Gasteiger partial charge in [0.2, 0.25) is 11.7 Å². The van der Waals surface area contributed by atoms with Crippen LogP contribution >= 0.6 is 0 Å². The molecule has 1 aromatic carbocycles. The fourth-order valence-corrected chi connectivity index (χ4v) is 3.63. The van der Waals surface area contributed by atoms with Crippen molar-refractivity contribution >= 4 is 5.91 Å². The largest absolute Gasteiger partial charge is 0.389 e. The van der Waals surface area contributed by atoms with Crippen LogP contribution in [0.4, 0.5) is 0 Å². The number of aliphatic hydroxyl groups is 1. The lowest BCUT2D eigenvalue weighted by Gasteiger charge is -2.16. The third kappa shape index (κ3) is 4.22. The van der Waals surface area contributed by atoms with Crippen LogP contribution in [0.1, 0.15) is 60.6 Å². The third-order valence-corrected chi connectivity index (χ3v) is 5.00. The van der Waals surface area contributed by atoms with Gasteiger partial charge in [-0.3, -0.25) is 9.48 Å². The molecular formula is C21H25N5O3. The van der Waals surface area contributed by atoms with E-state index in [1.807, 2.05) is 19.1 Å². The number of hydrogen-bond donors (Lipinski definition) is 2. The Morgan fingerprint density at radius 1 is 1.41 bits per heavy atom. The van der Waals surface area contributed by atoms with Gasteiger partial charge < -0.3 is 14.9 Å². The van der Waals surface area contributed by atoms with Gasteiger partial charge in [-0.15, -0.1) is 0 Å². The lowest BCUT2D eigenvalue weighted by Crippen LogP contribution is -2.27. The molecule has 8 heteroatoms. The molecule has 4 rings (SSSR count). The number of fused-ring (bicyclic) bond motifs is 1. The molecule has 0 saturated carbocycles. The monoisotopic (exact) mass is 395 g/mol. The second-order valence-electron chi connectivity index (χ2n) is 8.08. The van der Waals surface area contributed by atoms with E-state index in [0.29, 0.717) is 30.2 Å². The van der Waals surface area contributed by atoms with Crippen molar-refractivity contribution in [2.75, 3.05) is 0 Å². The summed E-state index contributed by atoms with van der Waals surface area (Å²) in [5.74, 6) is 1.05. The Bertz CT molecular complexity index is 1030. The van der Waals surface area contributed by atoms with Crippen molar-refractivity contribution in [2.45, 2.75) is 58.2 Å². The molecule has 0 saturated heterocycles. The lowest BCUT2D eigenvalue weighted by atomic mass is 10.0. The Kier molecular flexibility index (Phi) is 4.96. The number of carbonyl (C=O) groups excluding carboxylic acids is 1. The number of nitrogens with zero attached hydrogens (tertiary/aromatic N) is 4. The maximum Gasteiger partial charge on any atom is 0.254 e. The number of carbonyl (C=O) groups is 1. The van der Waals surface area contributed by atoms with E-state index in [4.69, 9.17) is 4.52 Å². The van der Waals surface area contributed by atoms with Crippen LogP contribution < -0.4 is 5.32 Å². The summed E-state index contributed by atoms with van der Waals surface area (Å²) in [7, 11) is 0. The van der Waals surface area contributed by atoms with Gasteiger partial charge in [0.1, 0.15) is 0 Å². The average Bonchev–Trinajstić information content (AvgIpc) is 3.39. The first-order chi connectivity index (χ1) is 13.8. The van der Waals surface area contributed by atoms with Crippen molar-refractivity contribution < 1.29 is 14.4 Å². The van der Waals surface area contributed by atoms with E-state index in [0.717, 1.165) is 24.0 Å². The van der Waals surface area contributed by atoms with E-state index in [1.165, 1.54) is 11.8 Å². The maximum atomic E-state index is 12.7. The zero-order valence-corrected chi connectivity index (χ0v) is 16.8. The Hall–Kier alpha value is -3.00. The minimum Gasteiger partial charge on any atom is -0.389 e. The molecule has 0 spiro atoms. The van der Waals surface area contributed by atoms with E-state index in [1.54, 1.807) is 24.7 Å². The molecule has 29 heavy (non-hydrogen) atoms. The SMILES string of the molecule is CCc1nc(-c2ccc3c(c2)CC[C@H]3NC(=O)c2cnn(CC(C)(C)O)c2)no1. The summed E-state index contributed by atoms with van der Waals surface area (Å²) in [5, 5.41) is 21.2. The molecule has 1 atom stereocenters. The molecule has 152 valence electrons. The Morgan fingerprint density at radius 3 is 2.97 bits per heavy atom. The quantitative estimate of drug-likeness (QED) is 0.665. The summed E-state index contributed by atoms with van der Waals surface area (Å²) in [6.07, 6.45) is 5.62. The predicted octanol–water partition coefficient (Wildman–Crippen LogP) is 2.68. The second-order valence-corrected chi connectivity index (χ2v) is 8.08. The van der Waals surface area contributed by atoms with Crippen LogP contribution in [0.25, 0.3) is 11.4 Å². The van der Waals surface area contributed by atoms with Crippen LogP contribution in [0.3, 0.4) is 0 Å². The van der Waals surface area contributed by atoms with Crippen LogP contribution in [0.15, 0.2) is 35.1 Å². The maximum absolute atomic E-state index is 12.7. The highest BCUT2D eigenvalue weighted by Gasteiger charge is 2.26. The average molecular weight is 395 g/mol. The molecule has 1 aliphatic carbocycles. The summed E-state index contributed by atoms with van der Waals surface area (Å²) < 4.78 is 6.78. The van der Waals surface area contributed by atoms with Crippen molar-refractivity contribution in [2.24, 2.45) is 0 Å². The first kappa shape index (κ1) is 19.3. The molecule has 2 N–H and O–H groups in total. The number of aromatic nitrogens is 4. The number of aryl methyl sites for hydroxylation is 2. The smallest absolute Gasteiger partial charge is 0.254 e. The molecule has 0 bridgehead atoms. The summed E-state index contributed by atoms with van der Waals surface area (Å²) in [6, 6.07) is 6.03. The Labute approximate surface area is 168 Å². The van der Waals surface area contributed by atoms with E-state index in [-0.39, 0.29) is 11.9 Å². The van der Waals surface area contributed by atoms with Crippen LogP contribution in [0, 0.1) is 0 Å². The van der Waals surface area contributed by atoms with Crippen molar-refractivity contribution in [3.63, 3.8) is 0 Å². The van der Waals surface area contributed by atoms with Crippen LogP contribution in [0.2, 0.25) is 0 Å². The minimum atomic E-state index is -0.890. The van der Waals surface area contributed by atoms with Crippen LogP contribution in [-0.2, 0) is 19.4 Å². The van der Waals surface area contributed by atoms with Gasteiger partial charge in [0.05, 0.1) is 29.9 Å². The molecule has 0 radical (unpaired) electrons. The highest BCUT2D eigenvalue weighted by Crippen LogP contribution is 2.34. The van der Waals surface area contributed by atoms with Gasteiger partial charge in [0.15, 0.2) is 0 Å². The standard InChI is InChI=1S/C21H25N5O3/c1-4-18-24-19(25-29-18)14-5-7-16-13(9-14)6-8-17(16)23-20(27)15-10-22-26(11-15)12-21(2,3)28/h5,7,9-11,17,28H,4,6,8,12H2,1-3H3,(H,23,27)/t17-/m1/s1. The summed E-state index contributed by atoms with van der Waals surface area (Å²) in [5.41, 5.74) is 2.82. The van der Waals surface area contributed by atoms with Crippen molar-refractivity contribution in [1.82, 2.24) is 25.2 Å². The number of amides is 1. The fraction of sp³-hybridized carbons (Fsp3) is 0.429. The highest BCUT2D eigenvalue weighted by molar-refractivity contribution is 5.94. The molecule has 0 unspecified atom stereocenters. The molecule has 1 amide bonds. The number of hydrogen-bond acceptors (Lipinski definition) is 6. The Morgan fingerprint density at radius 2 is 2.24 bits per heavy atom. The van der Waals surface area contributed by atoms with Gasteiger partial charge in [-0.05, 0) is 43.9 Å². The van der Waals surface area contributed by atoms with Crippen molar-refractivity contribution in [1.29, 1.82) is 0 Å². The molecule has 0 fully saturated rings. The molecule has 3 aromatic rings. The summed E-state index contributed by atoms with van der Waals surface area (Å²) in [4.78, 5) is 17.0. The number of benzene rings is 1. The van der Waals surface area contributed by atoms with Gasteiger partial charge in [-0.2, -0.15) is 10.1 Å². The van der Waals surface area contributed by atoms with Gasteiger partial charge in [0.25, 0.3) is 5.91 Å². The van der Waals surface area contributed by atoms with Crippen LogP contribution in [-0.4, -0.2) is 36.5 Å². The van der Waals surface area contributed by atoms with E-state index in [2.05, 4.69) is 26.6 Å². The summed E-state index contributed by atoms with van der Waals surface area (Å²) >= 11 is 0. The molecule has 2 heterocycles. The normalized spacial score (nSPS) is 16.1. The van der Waals surface area contributed by atoms with Crippen LogP contribution in [0.5, 0.6) is 0 Å². The molecule has 1 aliphatic rings. The van der Waals surface area contributed by atoms with Crippen molar-refractivity contribution in [3.05, 3.63) is 53.2 Å². The minimum absolute atomic E-state index is 0.0411. The van der Waals surface area contributed by atoms with Gasteiger partial charge in [0, 0.05) is 18.2 Å². The molecule has 2 aromatic heterocycles. The third-order valence-electron chi connectivity index (χ3n) is 5.00. The number of rotatable bonds is 6. The molecule has 8 nitrogen and oxygen atoms in total. The second kappa shape index (κ2) is 7.44. The fourth-order valence-electron chi connectivity index (χ4n) is 3.63. The lowest BCUT2D eigenvalue weighted by molar-refractivity contribution is 0.0576. The zero-order chi connectivity index (χ0) is 20.6. The topological polar surface area (TPSA) is 106 Å². The molecule has 0 aliphatic heterocycles. The first-order valence-corrected chi connectivity index (χ1v) is 9.84.